The molecule has 0 amide bonds. The van der Waals surface area contributed by atoms with Gasteiger partial charge in [-0.15, -0.1) is 0 Å². The summed E-state index contributed by atoms with van der Waals surface area (Å²) in [6.45, 7) is 5.79. The van der Waals surface area contributed by atoms with Gasteiger partial charge in [-0.25, -0.2) is 0 Å². The Labute approximate surface area is 123 Å². The molecular formula is C14H19ClN4O. The standard InChI is InChI=1S/C14H19ClN4O/c1-9-7-11(20-17-9)8-19-6-4-5-12(19)13-10(2)16-18(3)14(13)15/h7,12H,4-6,8H2,1-3H3/t12-/m0/s1. The fourth-order valence-corrected chi connectivity index (χ4v) is 3.36. The highest BCUT2D eigenvalue weighted by Crippen LogP contribution is 2.38. The van der Waals surface area contributed by atoms with Gasteiger partial charge in [-0.2, -0.15) is 5.10 Å². The fourth-order valence-electron chi connectivity index (χ4n) is 3.06. The predicted molar refractivity (Wildman–Crippen MR) is 76.6 cm³/mol. The summed E-state index contributed by atoms with van der Waals surface area (Å²) in [4.78, 5) is 2.40. The smallest absolute Gasteiger partial charge is 0.150 e. The van der Waals surface area contributed by atoms with Gasteiger partial charge < -0.3 is 4.52 Å². The van der Waals surface area contributed by atoms with Crippen molar-refractivity contribution in [1.82, 2.24) is 19.8 Å². The predicted octanol–water partition coefficient (Wildman–Crippen LogP) is 3.02. The van der Waals surface area contributed by atoms with Crippen LogP contribution in [-0.2, 0) is 13.6 Å². The lowest BCUT2D eigenvalue weighted by Crippen LogP contribution is -2.23. The van der Waals surface area contributed by atoms with Crippen molar-refractivity contribution in [2.75, 3.05) is 6.54 Å². The first-order valence-electron chi connectivity index (χ1n) is 6.91. The normalized spacial score (nSPS) is 19.9. The van der Waals surface area contributed by atoms with E-state index in [4.69, 9.17) is 16.1 Å². The minimum atomic E-state index is 0.321. The lowest BCUT2D eigenvalue weighted by atomic mass is 10.1. The average Bonchev–Trinajstić information content (AvgIpc) is 3.05. The molecule has 2 aromatic heterocycles. The average molecular weight is 295 g/mol. The van der Waals surface area contributed by atoms with E-state index in [0.29, 0.717) is 6.04 Å². The minimum absolute atomic E-state index is 0.321. The van der Waals surface area contributed by atoms with E-state index in [2.05, 4.69) is 15.2 Å². The summed E-state index contributed by atoms with van der Waals surface area (Å²) in [5, 5.41) is 9.12. The van der Waals surface area contributed by atoms with Crippen LogP contribution in [0.1, 0.15) is 41.6 Å². The number of halogens is 1. The number of aromatic nitrogens is 3. The van der Waals surface area contributed by atoms with Crippen molar-refractivity contribution < 1.29 is 4.52 Å². The van der Waals surface area contributed by atoms with Crippen molar-refractivity contribution in [3.63, 3.8) is 0 Å². The van der Waals surface area contributed by atoms with E-state index in [9.17, 15) is 0 Å². The summed E-state index contributed by atoms with van der Waals surface area (Å²) >= 11 is 6.40. The van der Waals surface area contributed by atoms with E-state index in [1.165, 1.54) is 6.42 Å². The summed E-state index contributed by atoms with van der Waals surface area (Å²) in [5.74, 6) is 0.909. The largest absolute Gasteiger partial charge is 0.360 e. The Bertz CT molecular complexity index is 619. The molecule has 3 heterocycles. The molecule has 1 aliphatic heterocycles. The summed E-state index contributed by atoms with van der Waals surface area (Å²) in [6, 6.07) is 2.31. The van der Waals surface area contributed by atoms with Crippen LogP contribution in [0.4, 0.5) is 0 Å². The molecule has 0 unspecified atom stereocenters. The van der Waals surface area contributed by atoms with E-state index in [1.807, 2.05) is 27.0 Å². The third-order valence-electron chi connectivity index (χ3n) is 3.93. The van der Waals surface area contributed by atoms with E-state index in [-0.39, 0.29) is 0 Å². The number of hydrogen-bond acceptors (Lipinski definition) is 4. The summed E-state index contributed by atoms with van der Waals surface area (Å²) in [6.07, 6.45) is 2.28. The number of aryl methyl sites for hydroxylation is 3. The number of rotatable bonds is 3. The van der Waals surface area contributed by atoms with Crippen molar-refractivity contribution in [3.05, 3.63) is 33.9 Å². The number of likely N-dealkylation sites (tertiary alicyclic amines) is 1. The Morgan fingerprint density at radius 1 is 1.45 bits per heavy atom. The van der Waals surface area contributed by atoms with Gasteiger partial charge in [0.05, 0.1) is 17.9 Å². The minimum Gasteiger partial charge on any atom is -0.360 e. The van der Waals surface area contributed by atoms with Crippen LogP contribution in [0.5, 0.6) is 0 Å². The molecule has 108 valence electrons. The highest BCUT2D eigenvalue weighted by molar-refractivity contribution is 6.30. The number of hydrogen-bond donors (Lipinski definition) is 0. The summed E-state index contributed by atoms with van der Waals surface area (Å²) in [5.41, 5.74) is 3.09. The number of nitrogens with zero attached hydrogens (tertiary/aromatic N) is 4. The molecule has 3 rings (SSSR count). The Morgan fingerprint density at radius 2 is 2.25 bits per heavy atom. The zero-order chi connectivity index (χ0) is 14.3. The molecule has 0 aromatic carbocycles. The summed E-state index contributed by atoms with van der Waals surface area (Å²) < 4.78 is 7.08. The van der Waals surface area contributed by atoms with Gasteiger partial charge in [-0.1, -0.05) is 16.8 Å². The van der Waals surface area contributed by atoms with Gasteiger partial charge in [-0.3, -0.25) is 9.58 Å². The van der Waals surface area contributed by atoms with Gasteiger partial charge in [0, 0.05) is 24.7 Å². The molecule has 20 heavy (non-hydrogen) atoms. The lowest BCUT2D eigenvalue weighted by Gasteiger charge is -2.23. The molecule has 0 radical (unpaired) electrons. The third-order valence-corrected chi connectivity index (χ3v) is 4.38. The van der Waals surface area contributed by atoms with Gasteiger partial charge in [-0.05, 0) is 33.2 Å². The van der Waals surface area contributed by atoms with E-state index in [1.54, 1.807) is 4.68 Å². The van der Waals surface area contributed by atoms with Gasteiger partial charge in [0.2, 0.25) is 0 Å². The van der Waals surface area contributed by atoms with Crippen LogP contribution in [0.15, 0.2) is 10.6 Å². The Morgan fingerprint density at radius 3 is 2.85 bits per heavy atom. The molecule has 0 spiro atoms. The Hall–Kier alpha value is -1.33. The molecule has 2 aromatic rings. The fraction of sp³-hybridized carbons (Fsp3) is 0.571. The molecule has 0 N–H and O–H groups in total. The van der Waals surface area contributed by atoms with E-state index >= 15 is 0 Å². The van der Waals surface area contributed by atoms with Gasteiger partial charge in [0.25, 0.3) is 0 Å². The van der Waals surface area contributed by atoms with Gasteiger partial charge in [0.1, 0.15) is 5.15 Å². The van der Waals surface area contributed by atoms with Crippen LogP contribution in [-0.4, -0.2) is 26.4 Å². The third kappa shape index (κ3) is 2.36. The van der Waals surface area contributed by atoms with Crippen molar-refractivity contribution >= 4 is 11.6 Å². The molecule has 0 saturated carbocycles. The molecule has 1 atom stereocenters. The van der Waals surface area contributed by atoms with Crippen molar-refractivity contribution in [3.8, 4) is 0 Å². The second-order valence-corrected chi connectivity index (χ2v) is 5.83. The van der Waals surface area contributed by atoms with Crippen molar-refractivity contribution in [1.29, 1.82) is 0 Å². The van der Waals surface area contributed by atoms with Crippen LogP contribution in [0.3, 0.4) is 0 Å². The zero-order valence-corrected chi connectivity index (χ0v) is 12.8. The Balaban J connectivity index is 1.85. The molecule has 1 aliphatic rings. The van der Waals surface area contributed by atoms with Crippen LogP contribution in [0, 0.1) is 13.8 Å². The van der Waals surface area contributed by atoms with E-state index in [0.717, 1.165) is 47.4 Å². The van der Waals surface area contributed by atoms with Crippen molar-refractivity contribution in [2.24, 2.45) is 7.05 Å². The molecule has 0 bridgehead atoms. The van der Waals surface area contributed by atoms with Crippen LogP contribution in [0.2, 0.25) is 5.15 Å². The maximum atomic E-state index is 6.40. The molecule has 0 aliphatic carbocycles. The first-order chi connectivity index (χ1) is 9.56. The molecule has 1 saturated heterocycles. The van der Waals surface area contributed by atoms with Gasteiger partial charge >= 0.3 is 0 Å². The monoisotopic (exact) mass is 294 g/mol. The topological polar surface area (TPSA) is 47.1 Å². The van der Waals surface area contributed by atoms with Gasteiger partial charge in [0.15, 0.2) is 5.76 Å². The molecule has 1 fully saturated rings. The summed E-state index contributed by atoms with van der Waals surface area (Å²) in [7, 11) is 1.89. The quantitative estimate of drug-likeness (QED) is 0.873. The zero-order valence-electron chi connectivity index (χ0n) is 12.1. The molecule has 6 heteroatoms. The van der Waals surface area contributed by atoms with Crippen LogP contribution < -0.4 is 0 Å². The molecular weight excluding hydrogens is 276 g/mol. The SMILES string of the molecule is Cc1cc(CN2CCC[C@H]2c2c(C)nn(C)c2Cl)on1. The maximum Gasteiger partial charge on any atom is 0.150 e. The maximum absolute atomic E-state index is 6.40. The lowest BCUT2D eigenvalue weighted by molar-refractivity contribution is 0.216. The van der Waals surface area contributed by atoms with Crippen molar-refractivity contribution in [2.45, 2.75) is 39.3 Å². The van der Waals surface area contributed by atoms with E-state index < -0.39 is 0 Å². The Kier molecular flexibility index (Phi) is 3.56. The van der Waals surface area contributed by atoms with Crippen LogP contribution >= 0.6 is 11.6 Å². The molecule has 5 nitrogen and oxygen atoms in total. The highest BCUT2D eigenvalue weighted by atomic mass is 35.5. The second kappa shape index (κ2) is 5.22. The van der Waals surface area contributed by atoms with Crippen LogP contribution in [0.25, 0.3) is 0 Å². The first-order valence-corrected chi connectivity index (χ1v) is 7.29. The second-order valence-electron chi connectivity index (χ2n) is 5.48. The first kappa shape index (κ1) is 13.6. The highest BCUT2D eigenvalue weighted by Gasteiger charge is 2.31.